The Bertz CT molecular complexity index is 605. The number of carbonyl (C=O) groups is 1. The average molecular weight is 312 g/mol. The quantitative estimate of drug-likeness (QED) is 0.802. The highest BCUT2D eigenvalue weighted by atomic mass is 32.2. The monoisotopic (exact) mass is 312 g/mol. The molecule has 0 bridgehead atoms. The van der Waals surface area contributed by atoms with Gasteiger partial charge in [-0.1, -0.05) is 32.9 Å². The Kier molecular flexibility index (Phi) is 4.88. The van der Waals surface area contributed by atoms with Gasteiger partial charge in [0.15, 0.2) is 9.84 Å². The van der Waals surface area contributed by atoms with Gasteiger partial charge in [-0.15, -0.1) is 0 Å². The van der Waals surface area contributed by atoms with Gasteiger partial charge in [0.1, 0.15) is 0 Å². The fourth-order valence-electron chi connectivity index (χ4n) is 2.06. The number of sulfone groups is 1. The summed E-state index contributed by atoms with van der Waals surface area (Å²) in [6.45, 7) is 9.34. The Morgan fingerprint density at radius 2 is 1.52 bits per heavy atom. The highest BCUT2D eigenvalue weighted by molar-refractivity contribution is 7.91. The normalized spacial score (nSPS) is 13.0. The van der Waals surface area contributed by atoms with Gasteiger partial charge in [-0.3, -0.25) is 4.79 Å². The number of hydrogen-bond acceptors (Lipinski definition) is 4. The molecule has 0 saturated carbocycles. The summed E-state index contributed by atoms with van der Waals surface area (Å²) in [5.41, 5.74) is -0.0437. The molecule has 4 nitrogen and oxygen atoms in total. The van der Waals surface area contributed by atoms with E-state index in [2.05, 4.69) is 25.5 Å². The van der Waals surface area contributed by atoms with E-state index in [-0.39, 0.29) is 16.1 Å². The van der Waals surface area contributed by atoms with Gasteiger partial charge in [0, 0.05) is 0 Å². The summed E-state index contributed by atoms with van der Waals surface area (Å²) in [4.78, 5) is 11.9. The van der Waals surface area contributed by atoms with Gasteiger partial charge in [-0.25, -0.2) is 8.42 Å². The van der Waals surface area contributed by atoms with Gasteiger partial charge in [-0.05, 0) is 37.0 Å². The van der Waals surface area contributed by atoms with Crippen LogP contribution in [-0.2, 0) is 24.8 Å². The van der Waals surface area contributed by atoms with Gasteiger partial charge in [-0.2, -0.15) is 0 Å². The predicted octanol–water partition coefficient (Wildman–Crippen LogP) is 2.96. The molecule has 5 heteroatoms. The van der Waals surface area contributed by atoms with Gasteiger partial charge in [0.2, 0.25) is 0 Å². The van der Waals surface area contributed by atoms with Crippen LogP contribution in [0.25, 0.3) is 0 Å². The first-order valence-electron chi connectivity index (χ1n) is 6.82. The first kappa shape index (κ1) is 17.7. The van der Waals surface area contributed by atoms with Crippen LogP contribution in [0.1, 0.15) is 40.2 Å². The Morgan fingerprint density at radius 3 is 1.90 bits per heavy atom. The molecule has 0 N–H and O–H groups in total. The summed E-state index contributed by atoms with van der Waals surface area (Å²) in [6, 6.07) is 6.84. The van der Waals surface area contributed by atoms with Crippen molar-refractivity contribution in [2.75, 3.05) is 12.9 Å². The maximum Gasteiger partial charge on any atom is 0.312 e. The van der Waals surface area contributed by atoms with Crippen molar-refractivity contribution in [3.05, 3.63) is 29.8 Å². The summed E-state index contributed by atoms with van der Waals surface area (Å²) in [6.07, 6.45) is 0. The molecule has 1 rings (SSSR count). The minimum atomic E-state index is -3.54. The van der Waals surface area contributed by atoms with Crippen molar-refractivity contribution in [1.82, 2.24) is 0 Å². The number of methoxy groups -OCH3 is 1. The molecule has 118 valence electrons. The molecule has 0 unspecified atom stereocenters. The highest BCUT2D eigenvalue weighted by Gasteiger charge is 2.35. The van der Waals surface area contributed by atoms with Crippen LogP contribution < -0.4 is 0 Å². The van der Waals surface area contributed by atoms with Crippen LogP contribution >= 0.6 is 0 Å². The molecule has 21 heavy (non-hydrogen) atoms. The summed E-state index contributed by atoms with van der Waals surface area (Å²) in [5.74, 6) is -0.806. The lowest BCUT2D eigenvalue weighted by atomic mass is 9.87. The number of ether oxygens (including phenoxy) is 1. The largest absolute Gasteiger partial charge is 0.469 e. The first-order chi connectivity index (χ1) is 9.40. The predicted molar refractivity (Wildman–Crippen MR) is 83.0 cm³/mol. The first-order valence-corrected chi connectivity index (χ1v) is 8.47. The van der Waals surface area contributed by atoms with E-state index in [1.807, 2.05) is 12.1 Å². The summed E-state index contributed by atoms with van der Waals surface area (Å²) < 4.78 is 29.5. The Morgan fingerprint density at radius 1 is 1.05 bits per heavy atom. The molecule has 0 heterocycles. The second-order valence-electron chi connectivity index (χ2n) is 6.91. The van der Waals surface area contributed by atoms with Crippen LogP contribution in [0.15, 0.2) is 29.2 Å². The van der Waals surface area contributed by atoms with Gasteiger partial charge >= 0.3 is 5.97 Å². The van der Waals surface area contributed by atoms with Crippen molar-refractivity contribution in [2.24, 2.45) is 5.41 Å². The van der Waals surface area contributed by atoms with Crippen molar-refractivity contribution >= 4 is 15.8 Å². The molecular formula is C16H24O4S. The number of rotatable bonds is 4. The Balaban J connectivity index is 3.07. The molecular weight excluding hydrogens is 288 g/mol. The fourth-order valence-corrected chi connectivity index (χ4v) is 3.84. The molecule has 0 amide bonds. The molecule has 0 aliphatic rings. The van der Waals surface area contributed by atoms with Crippen molar-refractivity contribution in [3.63, 3.8) is 0 Å². The van der Waals surface area contributed by atoms with Crippen LogP contribution in [0.4, 0.5) is 0 Å². The van der Waals surface area contributed by atoms with Crippen molar-refractivity contribution < 1.29 is 17.9 Å². The third-order valence-corrected chi connectivity index (χ3v) is 5.46. The topological polar surface area (TPSA) is 60.4 Å². The van der Waals surface area contributed by atoms with E-state index < -0.39 is 21.2 Å². The minimum Gasteiger partial charge on any atom is -0.469 e. The molecule has 1 aromatic rings. The smallest absolute Gasteiger partial charge is 0.312 e. The molecule has 0 spiro atoms. The maximum absolute atomic E-state index is 12.4. The molecule has 1 aromatic carbocycles. The number of esters is 1. The second kappa shape index (κ2) is 5.79. The SMILES string of the molecule is COC(=O)C(C)(C)CS(=O)(=O)c1ccc(C(C)(C)C)cc1. The van der Waals surface area contributed by atoms with Crippen LogP contribution in [0.2, 0.25) is 0 Å². The molecule has 0 fully saturated rings. The van der Waals surface area contributed by atoms with Crippen molar-refractivity contribution in [1.29, 1.82) is 0 Å². The zero-order valence-corrected chi connectivity index (χ0v) is 14.4. The summed E-state index contributed by atoms with van der Waals surface area (Å²) in [7, 11) is -2.28. The zero-order valence-electron chi connectivity index (χ0n) is 13.6. The lowest BCUT2D eigenvalue weighted by Crippen LogP contribution is -2.33. The van der Waals surface area contributed by atoms with Crippen molar-refractivity contribution in [3.8, 4) is 0 Å². The highest BCUT2D eigenvalue weighted by Crippen LogP contribution is 2.27. The van der Waals surface area contributed by atoms with E-state index in [4.69, 9.17) is 0 Å². The lowest BCUT2D eigenvalue weighted by molar-refractivity contribution is -0.149. The van der Waals surface area contributed by atoms with E-state index in [0.29, 0.717) is 0 Å². The van der Waals surface area contributed by atoms with E-state index in [1.165, 1.54) is 7.11 Å². The minimum absolute atomic E-state index is 0.0341. The van der Waals surface area contributed by atoms with Crippen LogP contribution in [-0.4, -0.2) is 27.2 Å². The standard InChI is InChI=1S/C16H24O4S/c1-15(2,3)12-7-9-13(10-8-12)21(18,19)11-16(4,5)14(17)20-6/h7-10H,11H2,1-6H3. The van der Waals surface area contributed by atoms with Gasteiger partial charge in [0.25, 0.3) is 0 Å². The third kappa shape index (κ3) is 4.30. The number of benzene rings is 1. The number of hydrogen-bond donors (Lipinski definition) is 0. The molecule has 0 radical (unpaired) electrons. The zero-order chi connectivity index (χ0) is 16.5. The molecule has 0 atom stereocenters. The fraction of sp³-hybridized carbons (Fsp3) is 0.562. The molecule has 0 aromatic heterocycles. The average Bonchev–Trinajstić information content (AvgIpc) is 2.35. The summed E-state index contributed by atoms with van der Waals surface area (Å²) >= 11 is 0. The number of carbonyl (C=O) groups excluding carboxylic acids is 1. The lowest BCUT2D eigenvalue weighted by Gasteiger charge is -2.22. The maximum atomic E-state index is 12.4. The molecule has 0 saturated heterocycles. The van der Waals surface area contributed by atoms with Crippen molar-refractivity contribution in [2.45, 2.75) is 44.9 Å². The third-order valence-electron chi connectivity index (χ3n) is 3.37. The van der Waals surface area contributed by atoms with E-state index in [9.17, 15) is 13.2 Å². The van der Waals surface area contributed by atoms with Gasteiger partial charge < -0.3 is 4.74 Å². The van der Waals surface area contributed by atoms with E-state index in [0.717, 1.165) is 5.56 Å². The Hall–Kier alpha value is -1.36. The van der Waals surface area contributed by atoms with Gasteiger partial charge in [0.05, 0.1) is 23.2 Å². The Labute approximate surface area is 127 Å². The van der Waals surface area contributed by atoms with E-state index >= 15 is 0 Å². The van der Waals surface area contributed by atoms with Crippen LogP contribution in [0, 0.1) is 5.41 Å². The molecule has 0 aliphatic heterocycles. The van der Waals surface area contributed by atoms with Crippen LogP contribution in [0.3, 0.4) is 0 Å². The second-order valence-corrected chi connectivity index (χ2v) is 8.90. The van der Waals surface area contributed by atoms with E-state index in [1.54, 1.807) is 26.0 Å². The molecule has 0 aliphatic carbocycles. The summed E-state index contributed by atoms with van der Waals surface area (Å²) in [5, 5.41) is 0. The van der Waals surface area contributed by atoms with Crippen LogP contribution in [0.5, 0.6) is 0 Å².